The molecule has 100 valence electrons. The smallest absolute Gasteiger partial charge is 0.249 e. The van der Waals surface area contributed by atoms with Crippen LogP contribution >= 0.6 is 12.4 Å². The third-order valence-corrected chi connectivity index (χ3v) is 3.15. The van der Waals surface area contributed by atoms with E-state index in [1.165, 1.54) is 0 Å². The number of hydrogen-bond acceptors (Lipinski definition) is 5. The van der Waals surface area contributed by atoms with Crippen LogP contribution in [0, 0.1) is 0 Å². The second-order valence-corrected chi connectivity index (χ2v) is 4.44. The number of fused-ring (bicyclic) bond motifs is 1. The highest BCUT2D eigenvalue weighted by atomic mass is 35.5. The summed E-state index contributed by atoms with van der Waals surface area (Å²) in [6.07, 6.45) is 1.79. The summed E-state index contributed by atoms with van der Waals surface area (Å²) in [7, 11) is 0. The molecule has 0 bridgehead atoms. The molecule has 7 heteroatoms. The molecular formula is C12H13ClN4O2. The number of nitrogens with zero attached hydrogens (tertiary/aromatic N) is 2. The number of anilines is 1. The predicted molar refractivity (Wildman–Crippen MR) is 73.4 cm³/mol. The van der Waals surface area contributed by atoms with E-state index in [1.807, 2.05) is 6.07 Å². The molecule has 1 aromatic carbocycles. The highest BCUT2D eigenvalue weighted by Crippen LogP contribution is 2.28. The molecule has 3 N–H and O–H groups in total. The highest BCUT2D eigenvalue weighted by Gasteiger charge is 2.35. The Morgan fingerprint density at radius 1 is 1.37 bits per heavy atom. The maximum Gasteiger partial charge on any atom is 0.249 e. The van der Waals surface area contributed by atoms with Crippen molar-refractivity contribution in [1.29, 1.82) is 0 Å². The minimum Gasteiger partial charge on any atom is -0.399 e. The number of aliphatic imine (C=N–C) groups is 1. The Balaban J connectivity index is 0.00000133. The van der Waals surface area contributed by atoms with E-state index < -0.39 is 6.04 Å². The topological polar surface area (TPSA) is 87.8 Å². The van der Waals surface area contributed by atoms with Crippen molar-refractivity contribution in [2.75, 3.05) is 5.73 Å². The van der Waals surface area contributed by atoms with Crippen molar-refractivity contribution in [3.63, 3.8) is 0 Å². The Labute approximate surface area is 116 Å². The van der Waals surface area contributed by atoms with Crippen molar-refractivity contribution >= 4 is 41.9 Å². The van der Waals surface area contributed by atoms with Crippen LogP contribution in [0.5, 0.6) is 0 Å². The van der Waals surface area contributed by atoms with E-state index >= 15 is 0 Å². The molecular weight excluding hydrogens is 268 g/mol. The standard InChI is InChI=1S/C12H12N4O2.ClH/c13-8-2-1-7-5-16(6-14-9(7)3-8)10-4-11(17)15-12(10)18;/h1-3,6,10H,4-5,13H2,(H,15,17,18);1H. The Hall–Kier alpha value is -2.08. The molecule has 2 amide bonds. The molecule has 1 aromatic rings. The van der Waals surface area contributed by atoms with Gasteiger partial charge < -0.3 is 10.6 Å². The Kier molecular flexibility index (Phi) is 3.44. The number of imide groups is 1. The number of halogens is 1. The van der Waals surface area contributed by atoms with Gasteiger partial charge in [0.2, 0.25) is 11.8 Å². The first-order valence-electron chi connectivity index (χ1n) is 5.65. The SMILES string of the molecule is Cl.Nc1ccc2c(c1)N=CN(C1CC(=O)NC1=O)C2. The monoisotopic (exact) mass is 280 g/mol. The molecule has 6 nitrogen and oxygen atoms in total. The van der Waals surface area contributed by atoms with Crippen LogP contribution in [0.2, 0.25) is 0 Å². The van der Waals surface area contributed by atoms with Gasteiger partial charge in [-0.1, -0.05) is 6.07 Å². The number of rotatable bonds is 1. The maximum atomic E-state index is 11.6. The lowest BCUT2D eigenvalue weighted by atomic mass is 10.1. The second kappa shape index (κ2) is 4.89. The first-order valence-corrected chi connectivity index (χ1v) is 5.65. The van der Waals surface area contributed by atoms with Crippen molar-refractivity contribution in [2.24, 2.45) is 4.99 Å². The largest absolute Gasteiger partial charge is 0.399 e. The van der Waals surface area contributed by atoms with Crippen LogP contribution in [0.25, 0.3) is 0 Å². The average Bonchev–Trinajstić information content (AvgIpc) is 2.68. The van der Waals surface area contributed by atoms with E-state index in [1.54, 1.807) is 23.4 Å². The second-order valence-electron chi connectivity index (χ2n) is 4.44. The van der Waals surface area contributed by atoms with Crippen LogP contribution in [0.15, 0.2) is 23.2 Å². The van der Waals surface area contributed by atoms with Gasteiger partial charge in [-0.05, 0) is 17.7 Å². The molecule has 2 heterocycles. The summed E-state index contributed by atoms with van der Waals surface area (Å²) in [6.45, 7) is 0.560. The van der Waals surface area contributed by atoms with Crippen LogP contribution in [0.3, 0.4) is 0 Å². The Bertz CT molecular complexity index is 573. The fraction of sp³-hybridized carbons (Fsp3) is 0.250. The zero-order chi connectivity index (χ0) is 12.7. The molecule has 0 radical (unpaired) electrons. The number of amides is 2. The van der Waals surface area contributed by atoms with Crippen molar-refractivity contribution < 1.29 is 9.59 Å². The molecule has 1 saturated heterocycles. The Morgan fingerprint density at radius 2 is 2.16 bits per heavy atom. The highest BCUT2D eigenvalue weighted by molar-refractivity contribution is 6.06. The van der Waals surface area contributed by atoms with Crippen LogP contribution < -0.4 is 11.1 Å². The van der Waals surface area contributed by atoms with Crippen LogP contribution in [0.1, 0.15) is 12.0 Å². The summed E-state index contributed by atoms with van der Waals surface area (Å²) in [4.78, 5) is 28.8. The quantitative estimate of drug-likeness (QED) is 0.582. The van der Waals surface area contributed by atoms with E-state index in [9.17, 15) is 9.59 Å². The average molecular weight is 281 g/mol. The molecule has 0 spiro atoms. The van der Waals surface area contributed by atoms with E-state index in [4.69, 9.17) is 5.73 Å². The summed E-state index contributed by atoms with van der Waals surface area (Å²) in [5, 5.41) is 2.30. The zero-order valence-corrected chi connectivity index (χ0v) is 10.8. The number of nitrogens with two attached hydrogens (primary N) is 1. The first-order chi connectivity index (χ1) is 8.63. The van der Waals surface area contributed by atoms with Gasteiger partial charge in [0.15, 0.2) is 0 Å². The molecule has 0 aromatic heterocycles. The molecule has 2 aliphatic rings. The van der Waals surface area contributed by atoms with Gasteiger partial charge in [-0.15, -0.1) is 12.4 Å². The summed E-state index contributed by atoms with van der Waals surface area (Å²) in [5.74, 6) is -0.494. The first kappa shape index (κ1) is 13.4. The lowest BCUT2D eigenvalue weighted by Crippen LogP contribution is -2.40. The third-order valence-electron chi connectivity index (χ3n) is 3.15. The lowest BCUT2D eigenvalue weighted by molar-refractivity contribution is -0.125. The van der Waals surface area contributed by atoms with E-state index in [-0.39, 0.29) is 30.6 Å². The van der Waals surface area contributed by atoms with Gasteiger partial charge in [0.25, 0.3) is 0 Å². The fourth-order valence-electron chi connectivity index (χ4n) is 2.21. The molecule has 0 saturated carbocycles. The zero-order valence-electron chi connectivity index (χ0n) is 10.00. The summed E-state index contributed by atoms with van der Waals surface area (Å²) in [5.41, 5.74) is 8.16. The van der Waals surface area contributed by atoms with Gasteiger partial charge in [0.1, 0.15) is 6.04 Å². The fourth-order valence-corrected chi connectivity index (χ4v) is 2.21. The maximum absolute atomic E-state index is 11.6. The van der Waals surface area contributed by atoms with Gasteiger partial charge in [-0.2, -0.15) is 0 Å². The van der Waals surface area contributed by atoms with Gasteiger partial charge >= 0.3 is 0 Å². The number of hydrogen-bond donors (Lipinski definition) is 2. The van der Waals surface area contributed by atoms with Crippen molar-refractivity contribution in [3.05, 3.63) is 23.8 Å². The van der Waals surface area contributed by atoms with Crippen molar-refractivity contribution in [3.8, 4) is 0 Å². The molecule has 2 aliphatic heterocycles. The molecule has 0 aliphatic carbocycles. The number of benzene rings is 1. The molecule has 1 unspecified atom stereocenters. The molecule has 1 atom stereocenters. The van der Waals surface area contributed by atoms with Crippen LogP contribution in [-0.4, -0.2) is 29.1 Å². The number of carbonyl (C=O) groups is 2. The van der Waals surface area contributed by atoms with Gasteiger partial charge in [0.05, 0.1) is 18.4 Å². The molecule has 19 heavy (non-hydrogen) atoms. The normalized spacial score (nSPS) is 20.8. The predicted octanol–water partition coefficient (Wildman–Crippen LogP) is 0.581. The Morgan fingerprint density at radius 3 is 2.84 bits per heavy atom. The van der Waals surface area contributed by atoms with Crippen LogP contribution in [-0.2, 0) is 16.1 Å². The van der Waals surface area contributed by atoms with Crippen molar-refractivity contribution in [2.45, 2.75) is 19.0 Å². The van der Waals surface area contributed by atoms with Crippen LogP contribution in [0.4, 0.5) is 11.4 Å². The van der Waals surface area contributed by atoms with E-state index in [0.717, 1.165) is 11.3 Å². The summed E-state index contributed by atoms with van der Waals surface area (Å²) in [6, 6.07) is 5.04. The summed E-state index contributed by atoms with van der Waals surface area (Å²) < 4.78 is 0. The number of nitrogens with one attached hydrogen (secondary N) is 1. The minimum absolute atomic E-state index is 0. The number of carbonyl (C=O) groups excluding carboxylic acids is 2. The number of nitrogen functional groups attached to an aromatic ring is 1. The molecule has 3 rings (SSSR count). The minimum atomic E-state index is -0.452. The third kappa shape index (κ3) is 2.39. The van der Waals surface area contributed by atoms with E-state index in [0.29, 0.717) is 12.2 Å². The summed E-state index contributed by atoms with van der Waals surface area (Å²) >= 11 is 0. The van der Waals surface area contributed by atoms with E-state index in [2.05, 4.69) is 10.3 Å². The van der Waals surface area contributed by atoms with Crippen molar-refractivity contribution in [1.82, 2.24) is 10.2 Å². The lowest BCUT2D eigenvalue weighted by Gasteiger charge is -2.27. The van der Waals surface area contributed by atoms with Gasteiger partial charge in [-0.3, -0.25) is 14.9 Å². The van der Waals surface area contributed by atoms with Gasteiger partial charge in [-0.25, -0.2) is 4.99 Å². The van der Waals surface area contributed by atoms with Gasteiger partial charge in [0, 0.05) is 12.2 Å². The molecule has 1 fully saturated rings.